The highest BCUT2D eigenvalue weighted by molar-refractivity contribution is 7.89. The van der Waals surface area contributed by atoms with Crippen molar-refractivity contribution < 1.29 is 13.2 Å². The van der Waals surface area contributed by atoms with Crippen molar-refractivity contribution in [3.05, 3.63) is 0 Å². The predicted octanol–water partition coefficient (Wildman–Crippen LogP) is -1.06. The van der Waals surface area contributed by atoms with Crippen molar-refractivity contribution in [2.24, 2.45) is 0 Å². The van der Waals surface area contributed by atoms with E-state index in [0.29, 0.717) is 26.3 Å². The van der Waals surface area contributed by atoms with Crippen LogP contribution in [0.25, 0.3) is 0 Å². The summed E-state index contributed by atoms with van der Waals surface area (Å²) < 4.78 is 31.4. The van der Waals surface area contributed by atoms with Crippen LogP contribution >= 0.6 is 0 Å². The summed E-state index contributed by atoms with van der Waals surface area (Å²) in [7, 11) is -3.14. The highest BCUT2D eigenvalue weighted by atomic mass is 32.2. The Morgan fingerprint density at radius 3 is 2.67 bits per heavy atom. The maximum absolute atomic E-state index is 12.3. The second-order valence-electron chi connectivity index (χ2n) is 4.94. The first-order valence-electron chi connectivity index (χ1n) is 6.60. The third kappa shape index (κ3) is 3.64. The van der Waals surface area contributed by atoms with E-state index in [1.54, 1.807) is 4.31 Å². The number of piperazine rings is 1. The number of hydrogen-bond donors (Lipinski definition) is 1. The van der Waals surface area contributed by atoms with E-state index in [9.17, 15) is 8.42 Å². The zero-order chi connectivity index (χ0) is 13.0. The van der Waals surface area contributed by atoms with Gasteiger partial charge in [0.2, 0.25) is 10.0 Å². The molecule has 1 unspecified atom stereocenters. The van der Waals surface area contributed by atoms with Crippen LogP contribution in [0.3, 0.4) is 0 Å². The average Bonchev–Trinajstić information content (AvgIpc) is 2.38. The molecule has 0 spiro atoms. The molecule has 6 nitrogen and oxygen atoms in total. The first-order chi connectivity index (χ1) is 8.59. The molecule has 2 aliphatic heterocycles. The maximum atomic E-state index is 12.3. The van der Waals surface area contributed by atoms with Gasteiger partial charge in [0.25, 0.3) is 0 Å². The topological polar surface area (TPSA) is 61.9 Å². The van der Waals surface area contributed by atoms with Crippen molar-refractivity contribution in [3.63, 3.8) is 0 Å². The van der Waals surface area contributed by atoms with Gasteiger partial charge in [-0.15, -0.1) is 0 Å². The fourth-order valence-corrected chi connectivity index (χ4v) is 4.11. The highest BCUT2D eigenvalue weighted by Crippen LogP contribution is 2.12. The van der Waals surface area contributed by atoms with Crippen molar-refractivity contribution in [2.75, 3.05) is 58.2 Å². The van der Waals surface area contributed by atoms with Gasteiger partial charge in [0.15, 0.2) is 0 Å². The molecule has 1 N–H and O–H groups in total. The molecular weight excluding hydrogens is 254 g/mol. The molecule has 0 aromatic rings. The van der Waals surface area contributed by atoms with Crippen molar-refractivity contribution in [1.29, 1.82) is 0 Å². The third-order valence-electron chi connectivity index (χ3n) is 3.54. The molecule has 0 saturated carbocycles. The Labute approximate surface area is 109 Å². The quantitative estimate of drug-likeness (QED) is 0.710. The van der Waals surface area contributed by atoms with Crippen LogP contribution in [-0.4, -0.2) is 81.9 Å². The van der Waals surface area contributed by atoms with E-state index in [1.165, 1.54) is 0 Å². The molecule has 0 aliphatic carbocycles. The summed E-state index contributed by atoms with van der Waals surface area (Å²) in [6.45, 7) is 7.83. The standard InChI is InChI=1S/C11H23N3O3S/c1-11-10-17-8-6-14(11)18(15,16)9-7-13-4-2-12-3-5-13/h11-12H,2-10H2,1H3. The number of rotatable bonds is 4. The van der Waals surface area contributed by atoms with Gasteiger partial charge in [-0.3, -0.25) is 4.90 Å². The molecule has 106 valence electrons. The Balaban J connectivity index is 1.85. The summed E-state index contributed by atoms with van der Waals surface area (Å²) in [5, 5.41) is 3.26. The molecule has 18 heavy (non-hydrogen) atoms. The Hall–Kier alpha value is -0.210. The number of ether oxygens (including phenoxy) is 1. The predicted molar refractivity (Wildman–Crippen MR) is 70.1 cm³/mol. The average molecular weight is 277 g/mol. The molecular formula is C11H23N3O3S. The van der Waals surface area contributed by atoms with Crippen LogP contribution in [0.2, 0.25) is 0 Å². The van der Waals surface area contributed by atoms with Crippen LogP contribution in [0.15, 0.2) is 0 Å². The molecule has 2 heterocycles. The van der Waals surface area contributed by atoms with E-state index in [2.05, 4.69) is 10.2 Å². The highest BCUT2D eigenvalue weighted by Gasteiger charge is 2.30. The summed E-state index contributed by atoms with van der Waals surface area (Å²) in [4.78, 5) is 2.21. The monoisotopic (exact) mass is 277 g/mol. The van der Waals surface area contributed by atoms with E-state index in [0.717, 1.165) is 26.2 Å². The molecule has 0 amide bonds. The lowest BCUT2D eigenvalue weighted by atomic mass is 10.3. The van der Waals surface area contributed by atoms with Crippen molar-refractivity contribution >= 4 is 10.0 Å². The Kier molecular flexibility index (Phi) is 4.97. The van der Waals surface area contributed by atoms with Crippen molar-refractivity contribution in [1.82, 2.24) is 14.5 Å². The van der Waals surface area contributed by atoms with E-state index >= 15 is 0 Å². The Bertz CT molecular complexity index is 355. The van der Waals surface area contributed by atoms with Crippen molar-refractivity contribution in [3.8, 4) is 0 Å². The molecule has 2 saturated heterocycles. The fraction of sp³-hybridized carbons (Fsp3) is 1.00. The van der Waals surface area contributed by atoms with Crippen LogP contribution in [-0.2, 0) is 14.8 Å². The molecule has 0 bridgehead atoms. The number of sulfonamides is 1. The minimum atomic E-state index is -3.14. The Morgan fingerprint density at radius 2 is 2.00 bits per heavy atom. The molecule has 1 atom stereocenters. The summed E-state index contributed by atoms with van der Waals surface area (Å²) in [5.74, 6) is 0.220. The van der Waals surface area contributed by atoms with Gasteiger partial charge in [0.1, 0.15) is 0 Å². The van der Waals surface area contributed by atoms with Gasteiger partial charge in [-0.05, 0) is 6.92 Å². The smallest absolute Gasteiger partial charge is 0.215 e. The SMILES string of the molecule is CC1COCCN1S(=O)(=O)CCN1CCNCC1. The van der Waals surface area contributed by atoms with Crippen LogP contribution in [0.1, 0.15) is 6.92 Å². The van der Waals surface area contributed by atoms with Crippen LogP contribution < -0.4 is 5.32 Å². The van der Waals surface area contributed by atoms with Crippen molar-refractivity contribution in [2.45, 2.75) is 13.0 Å². The fourth-order valence-electron chi connectivity index (χ4n) is 2.42. The minimum Gasteiger partial charge on any atom is -0.378 e. The number of nitrogens with zero attached hydrogens (tertiary/aromatic N) is 2. The molecule has 0 aromatic heterocycles. The summed E-state index contributed by atoms with van der Waals surface area (Å²) in [6, 6.07) is -0.0354. The lowest BCUT2D eigenvalue weighted by Gasteiger charge is -2.33. The second-order valence-corrected chi connectivity index (χ2v) is 6.98. The number of nitrogens with one attached hydrogen (secondary N) is 1. The first kappa shape index (κ1) is 14.2. The summed E-state index contributed by atoms with van der Waals surface area (Å²) in [5.41, 5.74) is 0. The first-order valence-corrected chi connectivity index (χ1v) is 8.21. The molecule has 2 rings (SSSR count). The van der Waals surface area contributed by atoms with E-state index in [1.807, 2.05) is 6.92 Å². The zero-order valence-electron chi connectivity index (χ0n) is 11.0. The van der Waals surface area contributed by atoms with Gasteiger partial charge >= 0.3 is 0 Å². The van der Waals surface area contributed by atoms with Gasteiger partial charge in [-0.25, -0.2) is 8.42 Å². The summed E-state index contributed by atoms with van der Waals surface area (Å²) in [6.07, 6.45) is 0. The largest absolute Gasteiger partial charge is 0.378 e. The van der Waals surface area contributed by atoms with Gasteiger partial charge in [0.05, 0.1) is 19.0 Å². The van der Waals surface area contributed by atoms with E-state index in [-0.39, 0.29) is 11.8 Å². The van der Waals surface area contributed by atoms with E-state index < -0.39 is 10.0 Å². The molecule has 2 fully saturated rings. The van der Waals surface area contributed by atoms with Gasteiger partial charge < -0.3 is 10.1 Å². The van der Waals surface area contributed by atoms with Gasteiger partial charge in [-0.1, -0.05) is 0 Å². The third-order valence-corrected chi connectivity index (χ3v) is 5.49. The molecule has 7 heteroatoms. The lowest BCUT2D eigenvalue weighted by molar-refractivity contribution is 0.0391. The Morgan fingerprint density at radius 1 is 1.28 bits per heavy atom. The maximum Gasteiger partial charge on any atom is 0.215 e. The van der Waals surface area contributed by atoms with E-state index in [4.69, 9.17) is 4.74 Å². The van der Waals surface area contributed by atoms with Crippen LogP contribution in [0.4, 0.5) is 0 Å². The lowest BCUT2D eigenvalue weighted by Crippen LogP contribution is -2.50. The summed E-state index contributed by atoms with van der Waals surface area (Å²) >= 11 is 0. The molecule has 0 aromatic carbocycles. The van der Waals surface area contributed by atoms with Crippen LogP contribution in [0, 0.1) is 0 Å². The second kappa shape index (κ2) is 6.29. The number of hydrogen-bond acceptors (Lipinski definition) is 5. The van der Waals surface area contributed by atoms with Gasteiger partial charge in [-0.2, -0.15) is 4.31 Å². The molecule has 2 aliphatic rings. The van der Waals surface area contributed by atoms with Crippen LogP contribution in [0.5, 0.6) is 0 Å². The van der Waals surface area contributed by atoms with Gasteiger partial charge in [0, 0.05) is 45.3 Å². The normalized spacial score (nSPS) is 28.4. The minimum absolute atomic E-state index is 0.0354. The zero-order valence-corrected chi connectivity index (χ0v) is 11.8. The molecule has 0 radical (unpaired) electrons. The number of morpholine rings is 1.